The molecule has 1 aliphatic heterocycles. The highest BCUT2D eigenvalue weighted by atomic mass is 16.6. The van der Waals surface area contributed by atoms with Gasteiger partial charge in [-0.05, 0) is 68.7 Å². The van der Waals surface area contributed by atoms with Crippen LogP contribution in [0.1, 0.15) is 101 Å². The molecule has 414 valence electrons. The van der Waals surface area contributed by atoms with Gasteiger partial charge in [0.15, 0.2) is 29.1 Å². The maximum Gasteiger partial charge on any atom is 0.375 e. The molecule has 3 aromatic carbocycles. The van der Waals surface area contributed by atoms with Gasteiger partial charge in [0.2, 0.25) is 18.0 Å². The van der Waals surface area contributed by atoms with E-state index >= 15 is 9.59 Å². The van der Waals surface area contributed by atoms with E-state index in [2.05, 4.69) is 5.32 Å². The number of Topliss-reactive ketones (excluding diaryl/α,β-unsaturated/α-hetero) is 4. The second kappa shape index (κ2) is 22.3. The van der Waals surface area contributed by atoms with E-state index in [9.17, 15) is 58.5 Å². The van der Waals surface area contributed by atoms with Crippen molar-refractivity contribution in [1.82, 2.24) is 5.32 Å². The first-order valence-electron chi connectivity index (χ1n) is 24.8. The van der Waals surface area contributed by atoms with E-state index in [1.807, 2.05) is 0 Å². The number of esters is 6. The molecule has 3 fully saturated rings. The van der Waals surface area contributed by atoms with Crippen molar-refractivity contribution in [1.29, 1.82) is 0 Å². The van der Waals surface area contributed by atoms with E-state index in [1.165, 1.54) is 100 Å². The lowest BCUT2D eigenvalue weighted by atomic mass is 9.44. The topological polar surface area (TPSA) is 325 Å². The van der Waals surface area contributed by atoms with Crippen LogP contribution in [0.15, 0.2) is 102 Å². The predicted octanol–water partition coefficient (Wildman–Crippen LogP) is 2.31. The molecule has 2 bridgehead atoms. The van der Waals surface area contributed by atoms with Crippen LogP contribution in [0, 0.1) is 16.7 Å². The number of ketones is 4. The number of aliphatic hydroxyl groups is 3. The average Bonchev–Trinajstić information content (AvgIpc) is 3.39. The maximum atomic E-state index is 15.9. The van der Waals surface area contributed by atoms with Crippen LogP contribution in [0.4, 0.5) is 0 Å². The van der Waals surface area contributed by atoms with Gasteiger partial charge >= 0.3 is 35.8 Å². The Hall–Kier alpha value is -7.79. The predicted molar refractivity (Wildman–Crippen MR) is 264 cm³/mol. The number of rotatable bonds is 17. The van der Waals surface area contributed by atoms with Crippen LogP contribution in [-0.2, 0) is 76.3 Å². The molecular formula is C56H59NO21. The quantitative estimate of drug-likeness (QED) is 0.0495. The standard InChI is InChI=1S/C56H59NO21/c1-27-35(73-52(70)43(76-51(69)41(29(3)59)74-50(68)40(63)28(2)58)39(32-18-12-9-13-19-32)57-47(65)33-20-14-10-15-21-33)25-56(71)46(77-49(67)34-22-16-11-17-23-34)44-54(8,36(62)24-37-55(44,26-72-37)78-31(5)61)45(64)42(38(27)53(56,6)7)75-48(66)30(4)60/h9-23,35-37,39-44,46,62-63,71H,24-26H2,1-8H3,(H,57,65)/t35-,36-,37+,39?,40+,41+,42+,43+,44?,46-,54+,55-,56+/m0/s1. The first-order valence-corrected chi connectivity index (χ1v) is 24.8. The number of nitrogens with one attached hydrogen (secondary N) is 1. The van der Waals surface area contributed by atoms with Crippen LogP contribution in [0.25, 0.3) is 0 Å². The number of carbonyl (C=O) groups excluding carboxylic acids is 11. The van der Waals surface area contributed by atoms with Crippen molar-refractivity contribution in [3.05, 3.63) is 119 Å². The number of carbonyl (C=O) groups is 11. The van der Waals surface area contributed by atoms with E-state index in [4.69, 9.17) is 33.2 Å². The summed E-state index contributed by atoms with van der Waals surface area (Å²) >= 11 is 0. The normalized spacial score (nSPS) is 28.3. The number of ether oxygens (including phenoxy) is 7. The zero-order valence-electron chi connectivity index (χ0n) is 43.7. The van der Waals surface area contributed by atoms with Crippen molar-refractivity contribution in [2.45, 2.75) is 134 Å². The molecule has 13 atom stereocenters. The summed E-state index contributed by atoms with van der Waals surface area (Å²) in [6, 6.07) is 20.6. The Labute approximate surface area is 446 Å². The van der Waals surface area contributed by atoms with E-state index in [0.29, 0.717) is 0 Å². The van der Waals surface area contributed by atoms with Gasteiger partial charge in [0.05, 0.1) is 29.6 Å². The summed E-state index contributed by atoms with van der Waals surface area (Å²) in [6.45, 7) is 8.44. The number of fused-ring (bicyclic) bond motifs is 5. The van der Waals surface area contributed by atoms with Gasteiger partial charge in [-0.2, -0.15) is 0 Å². The molecule has 0 radical (unpaired) electrons. The maximum absolute atomic E-state index is 15.9. The number of hydrogen-bond donors (Lipinski definition) is 4. The van der Waals surface area contributed by atoms with Gasteiger partial charge in [-0.1, -0.05) is 80.6 Å². The Kier molecular flexibility index (Phi) is 16.5. The molecule has 4 N–H and O–H groups in total. The molecule has 3 aliphatic carbocycles. The summed E-state index contributed by atoms with van der Waals surface area (Å²) in [5, 5.41) is 39.0. The summed E-state index contributed by atoms with van der Waals surface area (Å²) in [7, 11) is 0. The third-order valence-electron chi connectivity index (χ3n) is 15.4. The molecule has 7 rings (SSSR count). The largest absolute Gasteiger partial charge is 0.455 e. The van der Waals surface area contributed by atoms with Crippen molar-refractivity contribution in [3.63, 3.8) is 0 Å². The third-order valence-corrected chi connectivity index (χ3v) is 15.4. The van der Waals surface area contributed by atoms with Crippen molar-refractivity contribution in [3.8, 4) is 0 Å². The Morgan fingerprint density at radius 3 is 1.83 bits per heavy atom. The van der Waals surface area contributed by atoms with Gasteiger partial charge < -0.3 is 53.8 Å². The van der Waals surface area contributed by atoms with E-state index in [0.717, 1.165) is 27.7 Å². The first-order chi connectivity index (χ1) is 36.6. The highest BCUT2D eigenvalue weighted by Crippen LogP contribution is 2.64. The minimum atomic E-state index is -2.70. The summed E-state index contributed by atoms with van der Waals surface area (Å²) in [4.78, 5) is 151. The zero-order chi connectivity index (χ0) is 57.4. The molecule has 0 spiro atoms. The summed E-state index contributed by atoms with van der Waals surface area (Å²) in [6.07, 6.45) is -17.7. The molecule has 3 aromatic rings. The molecular weight excluding hydrogens is 1020 g/mol. The third kappa shape index (κ3) is 10.5. The second-order valence-corrected chi connectivity index (χ2v) is 20.6. The Balaban J connectivity index is 1.45. The fourth-order valence-electron chi connectivity index (χ4n) is 11.1. The first kappa shape index (κ1) is 57.9. The van der Waals surface area contributed by atoms with Crippen LogP contribution >= 0.6 is 0 Å². The molecule has 1 saturated heterocycles. The van der Waals surface area contributed by atoms with Crippen molar-refractivity contribution >= 4 is 64.9 Å². The van der Waals surface area contributed by atoms with Crippen LogP contribution in [0.2, 0.25) is 0 Å². The highest BCUT2D eigenvalue weighted by Gasteiger charge is 2.78. The lowest BCUT2D eigenvalue weighted by molar-refractivity contribution is -0.346. The molecule has 0 aromatic heterocycles. The fraction of sp³-hybridized carbons (Fsp3) is 0.446. The molecule has 1 heterocycles. The lowest BCUT2D eigenvalue weighted by Gasteiger charge is -2.67. The Morgan fingerprint density at radius 2 is 1.31 bits per heavy atom. The van der Waals surface area contributed by atoms with Crippen LogP contribution in [0.5, 0.6) is 0 Å². The molecule has 22 heteroatoms. The Morgan fingerprint density at radius 1 is 0.731 bits per heavy atom. The fourth-order valence-corrected chi connectivity index (χ4v) is 11.1. The van der Waals surface area contributed by atoms with Gasteiger partial charge in [-0.3, -0.25) is 28.8 Å². The van der Waals surface area contributed by atoms with Gasteiger partial charge in [0.25, 0.3) is 12.0 Å². The van der Waals surface area contributed by atoms with Crippen LogP contribution in [-0.4, -0.2) is 147 Å². The van der Waals surface area contributed by atoms with E-state index in [1.54, 1.807) is 18.2 Å². The van der Waals surface area contributed by atoms with Crippen LogP contribution in [0.3, 0.4) is 0 Å². The minimum absolute atomic E-state index is 0.0421. The van der Waals surface area contributed by atoms with Crippen LogP contribution < -0.4 is 5.32 Å². The number of benzene rings is 3. The highest BCUT2D eigenvalue weighted by molar-refractivity contribution is 6.33. The average molecular weight is 1080 g/mol. The smallest absolute Gasteiger partial charge is 0.375 e. The number of hydrogen-bond acceptors (Lipinski definition) is 21. The lowest BCUT2D eigenvalue weighted by Crippen LogP contribution is -2.82. The van der Waals surface area contributed by atoms with Crippen molar-refractivity contribution in [2.24, 2.45) is 16.7 Å². The monoisotopic (exact) mass is 1080 g/mol. The van der Waals surface area contributed by atoms with Crippen molar-refractivity contribution < 1.29 is 101 Å². The SMILES string of the molecule is CC(=O)O[C@@]12CO[C@@H]1C[C@H](O)[C@@]1(C)C(=O)[C@H](OC(=O)C(C)=O)C3=C(C)[C@@H](OC(=O)[C@H](OC(=O)[C@H](OC(=O)[C@H](O)C(C)=O)C(C)=O)C(NC(=O)c4ccccc4)c4ccccc4)C[C@@](O)([C@@H](OC(=O)c4ccccc4)C12)C3(C)C. The molecule has 4 aliphatic rings. The number of aliphatic hydroxyl groups excluding tert-OH is 2. The van der Waals surface area contributed by atoms with Gasteiger partial charge in [0, 0.05) is 37.7 Å². The van der Waals surface area contributed by atoms with Gasteiger partial charge in [-0.25, -0.2) is 24.0 Å². The molecule has 22 nitrogen and oxygen atoms in total. The second-order valence-electron chi connectivity index (χ2n) is 20.6. The molecule has 2 saturated carbocycles. The summed E-state index contributed by atoms with van der Waals surface area (Å²) in [5.74, 6) is -15.9. The summed E-state index contributed by atoms with van der Waals surface area (Å²) in [5.41, 5.74) is -9.36. The molecule has 2 unspecified atom stereocenters. The molecule has 78 heavy (non-hydrogen) atoms. The van der Waals surface area contributed by atoms with E-state index in [-0.39, 0.29) is 34.3 Å². The van der Waals surface area contributed by atoms with Gasteiger partial charge in [-0.15, -0.1) is 0 Å². The zero-order valence-corrected chi connectivity index (χ0v) is 43.7. The molecule has 1 amide bonds. The van der Waals surface area contributed by atoms with Gasteiger partial charge in [0.1, 0.15) is 30.0 Å². The minimum Gasteiger partial charge on any atom is -0.455 e. The van der Waals surface area contributed by atoms with Crippen molar-refractivity contribution in [2.75, 3.05) is 6.61 Å². The summed E-state index contributed by atoms with van der Waals surface area (Å²) < 4.78 is 41.1. The Bertz CT molecular complexity index is 2960. The van der Waals surface area contributed by atoms with E-state index < -0.39 is 161 Å². The number of amides is 1.